The third-order valence-corrected chi connectivity index (χ3v) is 2.81. The van der Waals surface area contributed by atoms with Gasteiger partial charge in [-0.05, 0) is 18.6 Å². The minimum Gasteiger partial charge on any atom is -0.226 e. The topological polar surface area (TPSA) is 25.8 Å². The molecule has 0 fully saturated rings. The second-order valence-corrected chi connectivity index (χ2v) is 4.24. The highest BCUT2D eigenvalue weighted by Gasteiger charge is 2.61. The Morgan fingerprint density at radius 2 is 1.68 bits per heavy atom. The summed E-state index contributed by atoms with van der Waals surface area (Å²) in [5.74, 6) is -6.79. The number of halogens is 6. The van der Waals surface area contributed by atoms with Crippen molar-refractivity contribution >= 4 is 22.5 Å². The van der Waals surface area contributed by atoms with Crippen molar-refractivity contribution < 1.29 is 22.0 Å². The van der Waals surface area contributed by atoms with E-state index in [-0.39, 0.29) is 10.9 Å². The van der Waals surface area contributed by atoms with E-state index < -0.39 is 23.1 Å². The largest absolute Gasteiger partial charge is 0.461 e. The Hall–Kier alpha value is -1.50. The van der Waals surface area contributed by atoms with E-state index in [1.165, 1.54) is 19.1 Å². The standard InChI is InChI=1S/C11H6ClF5N2/c1-5-3-2-4-6-7(5)18-9(19-8(6)12)10(13,14)11(15,16)17/h2-4H,1H3. The summed E-state index contributed by atoms with van der Waals surface area (Å²) in [7, 11) is 0. The van der Waals surface area contributed by atoms with Gasteiger partial charge >= 0.3 is 12.1 Å². The Morgan fingerprint density at radius 1 is 1.05 bits per heavy atom. The zero-order valence-electron chi connectivity index (χ0n) is 9.39. The van der Waals surface area contributed by atoms with Crippen molar-refractivity contribution in [3.63, 3.8) is 0 Å². The Kier molecular flexibility index (Phi) is 3.12. The summed E-state index contributed by atoms with van der Waals surface area (Å²) < 4.78 is 63.2. The predicted octanol–water partition coefficient (Wildman–Crippen LogP) is 4.25. The fourth-order valence-electron chi connectivity index (χ4n) is 1.53. The highest BCUT2D eigenvalue weighted by atomic mass is 35.5. The summed E-state index contributed by atoms with van der Waals surface area (Å²) in [5, 5.41) is -0.212. The Bertz CT molecular complexity index is 639. The molecule has 0 radical (unpaired) electrons. The second kappa shape index (κ2) is 4.26. The summed E-state index contributed by atoms with van der Waals surface area (Å²) in [6, 6.07) is 4.55. The van der Waals surface area contributed by atoms with Gasteiger partial charge in [-0.15, -0.1) is 0 Å². The number of hydrogen-bond donors (Lipinski definition) is 0. The zero-order chi connectivity index (χ0) is 14.4. The van der Waals surface area contributed by atoms with E-state index in [0.717, 1.165) is 0 Å². The van der Waals surface area contributed by atoms with Crippen LogP contribution in [-0.4, -0.2) is 16.1 Å². The van der Waals surface area contributed by atoms with Crippen molar-refractivity contribution in [1.29, 1.82) is 0 Å². The van der Waals surface area contributed by atoms with Crippen molar-refractivity contribution in [2.75, 3.05) is 0 Å². The molecule has 0 bridgehead atoms. The molecule has 0 N–H and O–H groups in total. The first-order valence-electron chi connectivity index (χ1n) is 5.02. The van der Waals surface area contributed by atoms with Gasteiger partial charge in [-0.2, -0.15) is 22.0 Å². The SMILES string of the molecule is Cc1cccc2c(Cl)nc(C(F)(F)C(F)(F)F)nc12. The Balaban J connectivity index is 2.74. The van der Waals surface area contributed by atoms with Crippen LogP contribution in [0.2, 0.25) is 5.15 Å². The molecular weight excluding hydrogens is 291 g/mol. The van der Waals surface area contributed by atoms with Crippen molar-refractivity contribution in [1.82, 2.24) is 9.97 Å². The molecule has 0 unspecified atom stereocenters. The molecule has 0 saturated heterocycles. The van der Waals surface area contributed by atoms with Crippen molar-refractivity contribution in [2.24, 2.45) is 0 Å². The highest BCUT2D eigenvalue weighted by molar-refractivity contribution is 6.34. The molecule has 102 valence electrons. The third kappa shape index (κ3) is 2.22. The summed E-state index contributed by atoms with van der Waals surface area (Å²) in [6.07, 6.45) is -5.77. The second-order valence-electron chi connectivity index (χ2n) is 3.88. The minimum atomic E-state index is -5.77. The maximum atomic E-state index is 13.2. The maximum absolute atomic E-state index is 13.2. The fourth-order valence-corrected chi connectivity index (χ4v) is 1.76. The molecule has 0 atom stereocenters. The van der Waals surface area contributed by atoms with Crippen molar-refractivity contribution in [2.45, 2.75) is 19.0 Å². The summed E-state index contributed by atoms with van der Waals surface area (Å²) >= 11 is 5.64. The first kappa shape index (κ1) is 13.9. The number of benzene rings is 1. The Morgan fingerprint density at radius 3 is 2.26 bits per heavy atom. The van der Waals surface area contributed by atoms with Gasteiger partial charge in [-0.25, -0.2) is 9.97 Å². The van der Waals surface area contributed by atoms with E-state index in [2.05, 4.69) is 9.97 Å². The van der Waals surface area contributed by atoms with Gasteiger partial charge in [-0.3, -0.25) is 0 Å². The molecule has 2 nitrogen and oxygen atoms in total. The lowest BCUT2D eigenvalue weighted by Crippen LogP contribution is -2.35. The normalized spacial score (nSPS) is 13.0. The number of hydrogen-bond acceptors (Lipinski definition) is 2. The first-order chi connectivity index (χ1) is 8.64. The van der Waals surface area contributed by atoms with Gasteiger partial charge in [0, 0.05) is 5.39 Å². The molecule has 0 aliphatic carbocycles. The quantitative estimate of drug-likeness (QED) is 0.581. The van der Waals surface area contributed by atoms with Crippen LogP contribution in [-0.2, 0) is 5.92 Å². The number of aryl methyl sites for hydroxylation is 1. The molecule has 0 amide bonds. The van der Waals surface area contributed by atoms with Gasteiger partial charge in [0.05, 0.1) is 5.52 Å². The molecule has 0 saturated carbocycles. The molecule has 8 heteroatoms. The number of fused-ring (bicyclic) bond motifs is 1. The lowest BCUT2D eigenvalue weighted by atomic mass is 10.1. The fraction of sp³-hybridized carbons (Fsp3) is 0.273. The summed E-state index contributed by atoms with van der Waals surface area (Å²) in [5.41, 5.74) is 0.405. The van der Waals surface area contributed by atoms with E-state index in [1.54, 1.807) is 6.07 Å². The minimum absolute atomic E-state index is 0.0265. The zero-order valence-corrected chi connectivity index (χ0v) is 10.2. The molecule has 2 rings (SSSR count). The van der Waals surface area contributed by atoms with E-state index >= 15 is 0 Å². The van der Waals surface area contributed by atoms with E-state index in [0.29, 0.717) is 5.56 Å². The average molecular weight is 297 g/mol. The monoisotopic (exact) mass is 296 g/mol. The molecule has 1 aromatic carbocycles. The third-order valence-electron chi connectivity index (χ3n) is 2.52. The molecule has 0 aliphatic heterocycles. The van der Waals surface area contributed by atoms with Crippen LogP contribution in [0.25, 0.3) is 10.9 Å². The Labute approximate surface area is 109 Å². The van der Waals surface area contributed by atoms with Crippen LogP contribution in [0.3, 0.4) is 0 Å². The molecule has 0 aliphatic rings. The first-order valence-corrected chi connectivity index (χ1v) is 5.40. The molecule has 19 heavy (non-hydrogen) atoms. The number of nitrogens with zero attached hydrogens (tertiary/aromatic N) is 2. The molecule has 1 heterocycles. The van der Waals surface area contributed by atoms with Crippen LogP contribution in [0.15, 0.2) is 18.2 Å². The van der Waals surface area contributed by atoms with Crippen LogP contribution in [0.1, 0.15) is 11.4 Å². The van der Waals surface area contributed by atoms with Crippen molar-refractivity contribution in [3.8, 4) is 0 Å². The molecule has 2 aromatic rings. The molecule has 1 aromatic heterocycles. The number of para-hydroxylation sites is 1. The van der Waals surface area contributed by atoms with Crippen LogP contribution < -0.4 is 0 Å². The predicted molar refractivity (Wildman–Crippen MR) is 59.2 cm³/mol. The van der Waals surface area contributed by atoms with Gasteiger partial charge < -0.3 is 0 Å². The van der Waals surface area contributed by atoms with Gasteiger partial charge in [0.1, 0.15) is 5.15 Å². The lowest BCUT2D eigenvalue weighted by molar-refractivity contribution is -0.292. The van der Waals surface area contributed by atoms with Gasteiger partial charge in [-0.1, -0.05) is 23.7 Å². The number of alkyl halides is 5. The highest BCUT2D eigenvalue weighted by Crippen LogP contribution is 2.43. The van der Waals surface area contributed by atoms with E-state index in [1.807, 2.05) is 0 Å². The van der Waals surface area contributed by atoms with Crippen molar-refractivity contribution in [3.05, 3.63) is 34.7 Å². The van der Waals surface area contributed by atoms with Gasteiger partial charge in [0.25, 0.3) is 0 Å². The smallest absolute Gasteiger partial charge is 0.226 e. The number of aromatic nitrogens is 2. The lowest BCUT2D eigenvalue weighted by Gasteiger charge is -2.18. The summed E-state index contributed by atoms with van der Waals surface area (Å²) in [4.78, 5) is 6.37. The molecular formula is C11H6ClF5N2. The summed E-state index contributed by atoms with van der Waals surface area (Å²) in [6.45, 7) is 1.53. The number of rotatable bonds is 1. The average Bonchev–Trinajstić information content (AvgIpc) is 2.28. The van der Waals surface area contributed by atoms with Crippen LogP contribution in [0.4, 0.5) is 22.0 Å². The maximum Gasteiger partial charge on any atom is 0.461 e. The van der Waals surface area contributed by atoms with Crippen LogP contribution >= 0.6 is 11.6 Å². The van der Waals surface area contributed by atoms with E-state index in [9.17, 15) is 22.0 Å². The van der Waals surface area contributed by atoms with Crippen LogP contribution in [0, 0.1) is 6.92 Å². The van der Waals surface area contributed by atoms with Gasteiger partial charge in [0.15, 0.2) is 0 Å². The van der Waals surface area contributed by atoms with E-state index in [4.69, 9.17) is 11.6 Å². The van der Waals surface area contributed by atoms with Gasteiger partial charge in [0.2, 0.25) is 5.82 Å². The molecule has 0 spiro atoms. The van der Waals surface area contributed by atoms with Crippen LogP contribution in [0.5, 0.6) is 0 Å².